The van der Waals surface area contributed by atoms with E-state index in [2.05, 4.69) is 5.32 Å². The van der Waals surface area contributed by atoms with E-state index in [0.717, 1.165) is 25.7 Å². The van der Waals surface area contributed by atoms with Crippen molar-refractivity contribution in [2.45, 2.75) is 45.6 Å². The highest BCUT2D eigenvalue weighted by Crippen LogP contribution is 2.41. The minimum atomic E-state index is -0.344. The third kappa shape index (κ3) is 1.43. The lowest BCUT2D eigenvalue weighted by molar-refractivity contribution is -0.141. The van der Waals surface area contributed by atoms with Crippen molar-refractivity contribution in [1.82, 2.24) is 10.2 Å². The fraction of sp³-hybridized carbons (Fsp3) is 0.818. The fourth-order valence-electron chi connectivity index (χ4n) is 2.71. The summed E-state index contributed by atoms with van der Waals surface area (Å²) in [4.78, 5) is 25.2. The Balaban J connectivity index is 2.24. The molecule has 0 bridgehead atoms. The Kier molecular flexibility index (Phi) is 2.44. The number of urea groups is 1. The van der Waals surface area contributed by atoms with Crippen LogP contribution in [0.1, 0.15) is 39.5 Å². The molecule has 0 spiro atoms. The zero-order valence-corrected chi connectivity index (χ0v) is 9.38. The van der Waals surface area contributed by atoms with Crippen LogP contribution in [0, 0.1) is 5.41 Å². The number of hydrogen-bond donors (Lipinski definition) is 1. The molecule has 4 nitrogen and oxygen atoms in total. The Morgan fingerprint density at radius 3 is 2.93 bits per heavy atom. The summed E-state index contributed by atoms with van der Waals surface area (Å²) in [6.07, 6.45) is 3.69. The van der Waals surface area contributed by atoms with E-state index < -0.39 is 0 Å². The molecule has 1 saturated heterocycles. The van der Waals surface area contributed by atoms with E-state index in [-0.39, 0.29) is 23.4 Å². The molecule has 2 unspecified atom stereocenters. The predicted octanol–water partition coefficient (Wildman–Crippen LogP) is 1.51. The van der Waals surface area contributed by atoms with Crippen LogP contribution in [0.4, 0.5) is 4.79 Å². The number of carbonyl (C=O) groups is 2. The van der Waals surface area contributed by atoms with Crippen LogP contribution in [0.25, 0.3) is 0 Å². The average Bonchev–Trinajstić information content (AvgIpc) is 2.56. The van der Waals surface area contributed by atoms with Gasteiger partial charge < -0.3 is 5.32 Å². The number of rotatable bonds is 2. The summed E-state index contributed by atoms with van der Waals surface area (Å²) in [5, 5.41) is 2.95. The summed E-state index contributed by atoms with van der Waals surface area (Å²) < 4.78 is 0. The third-order valence-electron chi connectivity index (χ3n) is 3.68. The minimum Gasteiger partial charge on any atom is -0.334 e. The zero-order chi connectivity index (χ0) is 11.1. The second-order valence-corrected chi connectivity index (χ2v) is 4.77. The Hall–Kier alpha value is -1.06. The first-order chi connectivity index (χ1) is 7.09. The number of imide groups is 1. The second-order valence-electron chi connectivity index (χ2n) is 4.77. The smallest absolute Gasteiger partial charge is 0.324 e. The van der Waals surface area contributed by atoms with Crippen LogP contribution in [0.3, 0.4) is 0 Å². The first kappa shape index (κ1) is 10.5. The molecular formula is C11H18N2O2. The summed E-state index contributed by atoms with van der Waals surface area (Å²) in [5.74, 6) is 0.0237. The normalized spacial score (nSPS) is 35.3. The van der Waals surface area contributed by atoms with Crippen molar-refractivity contribution in [3.63, 3.8) is 0 Å². The molecule has 1 saturated carbocycles. The summed E-state index contributed by atoms with van der Waals surface area (Å²) >= 11 is 0. The number of amides is 3. The summed E-state index contributed by atoms with van der Waals surface area (Å²) in [7, 11) is 0. The van der Waals surface area contributed by atoms with Crippen molar-refractivity contribution in [3.05, 3.63) is 0 Å². The molecule has 1 aliphatic carbocycles. The van der Waals surface area contributed by atoms with Gasteiger partial charge in [0, 0.05) is 12.6 Å². The van der Waals surface area contributed by atoms with Gasteiger partial charge in [-0.3, -0.25) is 9.69 Å². The zero-order valence-electron chi connectivity index (χ0n) is 9.38. The fourth-order valence-corrected chi connectivity index (χ4v) is 2.71. The molecule has 3 amide bonds. The Morgan fingerprint density at radius 2 is 2.27 bits per heavy atom. The molecule has 1 aliphatic heterocycles. The van der Waals surface area contributed by atoms with Crippen molar-refractivity contribution in [2.24, 2.45) is 5.41 Å². The van der Waals surface area contributed by atoms with Gasteiger partial charge in [0.1, 0.15) is 0 Å². The number of fused-ring (bicyclic) bond motifs is 1. The molecule has 4 heteroatoms. The molecule has 15 heavy (non-hydrogen) atoms. The van der Waals surface area contributed by atoms with Crippen LogP contribution in [0.2, 0.25) is 0 Å². The largest absolute Gasteiger partial charge is 0.334 e. The van der Waals surface area contributed by atoms with Gasteiger partial charge in [0.15, 0.2) is 0 Å². The van der Waals surface area contributed by atoms with Crippen LogP contribution in [0.15, 0.2) is 0 Å². The van der Waals surface area contributed by atoms with E-state index in [1.807, 2.05) is 13.8 Å². The number of carbonyl (C=O) groups excluding carboxylic acids is 2. The van der Waals surface area contributed by atoms with Crippen LogP contribution in [-0.4, -0.2) is 29.4 Å². The van der Waals surface area contributed by atoms with Crippen LogP contribution in [-0.2, 0) is 4.79 Å². The average molecular weight is 210 g/mol. The van der Waals surface area contributed by atoms with Gasteiger partial charge in [-0.1, -0.05) is 13.3 Å². The molecule has 0 aromatic rings. The maximum absolute atomic E-state index is 12.2. The van der Waals surface area contributed by atoms with E-state index in [0.29, 0.717) is 6.54 Å². The predicted molar refractivity (Wildman–Crippen MR) is 56.3 cm³/mol. The molecule has 0 aromatic heterocycles. The van der Waals surface area contributed by atoms with E-state index >= 15 is 0 Å². The van der Waals surface area contributed by atoms with E-state index in [4.69, 9.17) is 0 Å². The SMILES string of the molecule is CCCN1C(=O)NC2CCCC2(C)C1=O. The van der Waals surface area contributed by atoms with E-state index in [9.17, 15) is 9.59 Å². The number of nitrogens with one attached hydrogen (secondary N) is 1. The Labute approximate surface area is 90.0 Å². The number of hydrogen-bond acceptors (Lipinski definition) is 2. The highest BCUT2D eigenvalue weighted by atomic mass is 16.2. The van der Waals surface area contributed by atoms with E-state index in [1.165, 1.54) is 4.90 Å². The maximum atomic E-state index is 12.2. The Bertz CT molecular complexity index is 303. The van der Waals surface area contributed by atoms with Crippen molar-refractivity contribution in [1.29, 1.82) is 0 Å². The second kappa shape index (κ2) is 3.51. The van der Waals surface area contributed by atoms with Gasteiger partial charge in [0.05, 0.1) is 5.41 Å². The summed E-state index contributed by atoms with van der Waals surface area (Å²) in [6.45, 7) is 4.49. The summed E-state index contributed by atoms with van der Waals surface area (Å²) in [6, 6.07) is -0.142. The van der Waals surface area contributed by atoms with Gasteiger partial charge in [0.2, 0.25) is 5.91 Å². The molecule has 84 valence electrons. The standard InChI is InChI=1S/C11H18N2O2/c1-3-7-13-9(14)11(2)6-4-5-8(11)12-10(13)15/h8H,3-7H2,1-2H3,(H,12,15). The van der Waals surface area contributed by atoms with Crippen molar-refractivity contribution < 1.29 is 9.59 Å². The third-order valence-corrected chi connectivity index (χ3v) is 3.68. The van der Waals surface area contributed by atoms with Gasteiger partial charge in [-0.25, -0.2) is 4.79 Å². The minimum absolute atomic E-state index is 0.0237. The quantitative estimate of drug-likeness (QED) is 0.751. The number of nitrogens with zero attached hydrogens (tertiary/aromatic N) is 1. The lowest BCUT2D eigenvalue weighted by Gasteiger charge is -2.40. The molecule has 0 radical (unpaired) electrons. The topological polar surface area (TPSA) is 49.4 Å². The summed E-state index contributed by atoms with van der Waals surface area (Å²) in [5.41, 5.74) is -0.344. The van der Waals surface area contributed by atoms with Crippen LogP contribution in [0.5, 0.6) is 0 Å². The lowest BCUT2D eigenvalue weighted by Crippen LogP contribution is -2.63. The molecule has 1 N–H and O–H groups in total. The van der Waals surface area contributed by atoms with Gasteiger partial charge in [0.25, 0.3) is 0 Å². The van der Waals surface area contributed by atoms with Crippen LogP contribution >= 0.6 is 0 Å². The molecule has 2 fully saturated rings. The highest BCUT2D eigenvalue weighted by Gasteiger charge is 2.52. The Morgan fingerprint density at radius 1 is 1.53 bits per heavy atom. The monoisotopic (exact) mass is 210 g/mol. The molecule has 2 atom stereocenters. The highest BCUT2D eigenvalue weighted by molar-refractivity contribution is 6.00. The molecule has 0 aromatic carbocycles. The van der Waals surface area contributed by atoms with Gasteiger partial charge in [-0.05, 0) is 26.2 Å². The first-order valence-electron chi connectivity index (χ1n) is 5.72. The van der Waals surface area contributed by atoms with Gasteiger partial charge in [-0.2, -0.15) is 0 Å². The molecule has 2 rings (SSSR count). The van der Waals surface area contributed by atoms with Gasteiger partial charge >= 0.3 is 6.03 Å². The lowest BCUT2D eigenvalue weighted by atomic mass is 9.81. The first-order valence-corrected chi connectivity index (χ1v) is 5.72. The maximum Gasteiger partial charge on any atom is 0.324 e. The van der Waals surface area contributed by atoms with E-state index in [1.54, 1.807) is 0 Å². The van der Waals surface area contributed by atoms with Crippen molar-refractivity contribution in [2.75, 3.05) is 6.54 Å². The van der Waals surface area contributed by atoms with Crippen molar-refractivity contribution >= 4 is 11.9 Å². The molecular weight excluding hydrogens is 192 g/mol. The molecule has 1 heterocycles. The molecule has 2 aliphatic rings. The van der Waals surface area contributed by atoms with Crippen molar-refractivity contribution in [3.8, 4) is 0 Å². The van der Waals surface area contributed by atoms with Gasteiger partial charge in [-0.15, -0.1) is 0 Å². The van der Waals surface area contributed by atoms with Crippen LogP contribution < -0.4 is 5.32 Å².